The zero-order chi connectivity index (χ0) is 14.9. The summed E-state index contributed by atoms with van der Waals surface area (Å²) < 4.78 is 1.81. The number of carbonyl (C=O) groups is 1. The number of hydrogen-bond acceptors (Lipinski definition) is 4. The molecule has 0 unspecified atom stereocenters. The average Bonchev–Trinajstić information content (AvgIpc) is 2.61. The molecular weight excluding hydrogens is 256 g/mol. The predicted molar refractivity (Wildman–Crippen MR) is 75.9 cm³/mol. The van der Waals surface area contributed by atoms with Gasteiger partial charge in [-0.15, -0.1) is 0 Å². The fraction of sp³-hybridized carbons (Fsp3) is 0.357. The van der Waals surface area contributed by atoms with Gasteiger partial charge in [-0.2, -0.15) is 5.10 Å². The van der Waals surface area contributed by atoms with Crippen molar-refractivity contribution < 1.29 is 9.90 Å². The summed E-state index contributed by atoms with van der Waals surface area (Å²) in [5, 5.41) is 16.7. The third kappa shape index (κ3) is 2.49. The smallest absolute Gasteiger partial charge is 0.339 e. The Labute approximate surface area is 117 Å². The number of carboxylic acid groups (broad SMARTS) is 1. The minimum Gasteiger partial charge on any atom is -0.478 e. The molecule has 0 aliphatic carbocycles. The molecule has 0 spiro atoms. The first-order valence-corrected chi connectivity index (χ1v) is 6.33. The van der Waals surface area contributed by atoms with Crippen LogP contribution in [-0.2, 0) is 13.6 Å². The van der Waals surface area contributed by atoms with Crippen LogP contribution in [0.5, 0.6) is 0 Å². The molecule has 0 aromatic carbocycles. The quantitative estimate of drug-likeness (QED) is 0.892. The molecular formula is C14H18N4O2. The van der Waals surface area contributed by atoms with Crippen LogP contribution in [0.1, 0.15) is 32.9 Å². The average molecular weight is 274 g/mol. The maximum absolute atomic E-state index is 11.3. The lowest BCUT2D eigenvalue weighted by atomic mass is 10.1. The SMILES string of the molecule is Cc1ccnc(NCc2c(C)nn(C)c2C)c1C(=O)O. The third-order valence-corrected chi connectivity index (χ3v) is 3.46. The van der Waals surface area contributed by atoms with Gasteiger partial charge in [-0.3, -0.25) is 4.68 Å². The highest BCUT2D eigenvalue weighted by atomic mass is 16.4. The van der Waals surface area contributed by atoms with Gasteiger partial charge in [0.15, 0.2) is 0 Å². The highest BCUT2D eigenvalue weighted by Crippen LogP contribution is 2.19. The molecule has 106 valence electrons. The van der Waals surface area contributed by atoms with Crippen LogP contribution in [0.15, 0.2) is 12.3 Å². The third-order valence-electron chi connectivity index (χ3n) is 3.46. The summed E-state index contributed by atoms with van der Waals surface area (Å²) in [5.74, 6) is -0.585. The van der Waals surface area contributed by atoms with Gasteiger partial charge in [0, 0.05) is 31.0 Å². The molecule has 0 amide bonds. The number of nitrogens with zero attached hydrogens (tertiary/aromatic N) is 3. The van der Waals surface area contributed by atoms with Gasteiger partial charge in [0.25, 0.3) is 0 Å². The molecule has 2 aromatic heterocycles. The minimum atomic E-state index is -0.974. The van der Waals surface area contributed by atoms with Gasteiger partial charge in [-0.05, 0) is 32.4 Å². The number of aryl methyl sites for hydroxylation is 3. The van der Waals surface area contributed by atoms with Crippen LogP contribution in [0.25, 0.3) is 0 Å². The van der Waals surface area contributed by atoms with Gasteiger partial charge in [0.2, 0.25) is 0 Å². The zero-order valence-corrected chi connectivity index (χ0v) is 12.1. The Kier molecular flexibility index (Phi) is 3.74. The van der Waals surface area contributed by atoms with E-state index in [1.165, 1.54) is 0 Å². The summed E-state index contributed by atoms with van der Waals surface area (Å²) in [7, 11) is 1.89. The molecule has 0 aliphatic rings. The van der Waals surface area contributed by atoms with E-state index in [1.54, 1.807) is 19.2 Å². The Morgan fingerprint density at radius 3 is 2.65 bits per heavy atom. The van der Waals surface area contributed by atoms with Gasteiger partial charge in [0.1, 0.15) is 11.4 Å². The number of aromatic nitrogens is 3. The van der Waals surface area contributed by atoms with Gasteiger partial charge < -0.3 is 10.4 Å². The summed E-state index contributed by atoms with van der Waals surface area (Å²) in [6, 6.07) is 1.69. The number of aromatic carboxylic acids is 1. The molecule has 0 fully saturated rings. The van der Waals surface area contributed by atoms with Crippen molar-refractivity contribution in [2.24, 2.45) is 7.05 Å². The van der Waals surface area contributed by atoms with Crippen molar-refractivity contribution in [1.82, 2.24) is 14.8 Å². The van der Waals surface area contributed by atoms with Crippen LogP contribution >= 0.6 is 0 Å². The molecule has 0 bridgehead atoms. The Bertz CT molecular complexity index is 661. The fourth-order valence-corrected chi connectivity index (χ4v) is 2.21. The first-order valence-electron chi connectivity index (χ1n) is 6.33. The first kappa shape index (κ1) is 14.0. The van der Waals surface area contributed by atoms with Crippen LogP contribution in [0.3, 0.4) is 0 Å². The highest BCUT2D eigenvalue weighted by Gasteiger charge is 2.15. The van der Waals surface area contributed by atoms with Crippen molar-refractivity contribution in [3.63, 3.8) is 0 Å². The van der Waals surface area contributed by atoms with E-state index in [2.05, 4.69) is 15.4 Å². The highest BCUT2D eigenvalue weighted by molar-refractivity contribution is 5.94. The maximum Gasteiger partial charge on any atom is 0.339 e. The van der Waals surface area contributed by atoms with Crippen LogP contribution in [0.2, 0.25) is 0 Å². The summed E-state index contributed by atoms with van der Waals surface area (Å²) in [4.78, 5) is 15.4. The van der Waals surface area contributed by atoms with E-state index in [4.69, 9.17) is 0 Å². The largest absolute Gasteiger partial charge is 0.478 e. The van der Waals surface area contributed by atoms with Crippen molar-refractivity contribution in [1.29, 1.82) is 0 Å². The molecule has 2 N–H and O–H groups in total. The van der Waals surface area contributed by atoms with E-state index in [0.29, 0.717) is 17.9 Å². The number of anilines is 1. The molecule has 0 saturated heterocycles. The molecule has 0 aliphatic heterocycles. The Hall–Kier alpha value is -2.37. The molecule has 2 aromatic rings. The number of nitrogens with one attached hydrogen (secondary N) is 1. The molecule has 20 heavy (non-hydrogen) atoms. The summed E-state index contributed by atoms with van der Waals surface area (Å²) in [6.45, 7) is 6.18. The van der Waals surface area contributed by atoms with Crippen LogP contribution in [0.4, 0.5) is 5.82 Å². The lowest BCUT2D eigenvalue weighted by Gasteiger charge is -2.10. The summed E-state index contributed by atoms with van der Waals surface area (Å²) in [6.07, 6.45) is 1.60. The molecule has 2 heterocycles. The number of pyridine rings is 1. The molecule has 6 heteroatoms. The molecule has 0 saturated carbocycles. The second kappa shape index (κ2) is 5.32. The van der Waals surface area contributed by atoms with Gasteiger partial charge in [-0.1, -0.05) is 0 Å². The lowest BCUT2D eigenvalue weighted by molar-refractivity contribution is 0.0697. The van der Waals surface area contributed by atoms with Gasteiger partial charge >= 0.3 is 5.97 Å². The van der Waals surface area contributed by atoms with E-state index in [0.717, 1.165) is 17.0 Å². The van der Waals surface area contributed by atoms with Crippen LogP contribution in [0, 0.1) is 20.8 Å². The van der Waals surface area contributed by atoms with Crippen molar-refractivity contribution in [3.8, 4) is 0 Å². The monoisotopic (exact) mass is 274 g/mol. The predicted octanol–water partition coefficient (Wildman–Crippen LogP) is 2.05. The molecule has 0 atom stereocenters. The van der Waals surface area contributed by atoms with E-state index in [1.807, 2.05) is 25.6 Å². The topological polar surface area (TPSA) is 80.0 Å². The number of rotatable bonds is 4. The van der Waals surface area contributed by atoms with E-state index in [9.17, 15) is 9.90 Å². The van der Waals surface area contributed by atoms with Crippen LogP contribution in [-0.4, -0.2) is 25.8 Å². The number of hydrogen-bond donors (Lipinski definition) is 2. The van der Waals surface area contributed by atoms with Crippen molar-refractivity contribution >= 4 is 11.8 Å². The van der Waals surface area contributed by atoms with Crippen LogP contribution < -0.4 is 5.32 Å². The normalized spacial score (nSPS) is 10.6. The summed E-state index contributed by atoms with van der Waals surface area (Å²) >= 11 is 0. The Balaban J connectivity index is 2.28. The summed E-state index contributed by atoms with van der Waals surface area (Å²) in [5.41, 5.74) is 3.95. The standard InChI is InChI=1S/C14H18N4O2/c1-8-5-6-15-13(12(8)14(19)20)16-7-11-9(2)17-18(4)10(11)3/h5-6H,7H2,1-4H3,(H,15,16)(H,19,20). The minimum absolute atomic E-state index is 0.215. The second-order valence-corrected chi connectivity index (χ2v) is 4.78. The van der Waals surface area contributed by atoms with Gasteiger partial charge in [0.05, 0.1) is 5.69 Å². The van der Waals surface area contributed by atoms with Crippen molar-refractivity contribution in [2.75, 3.05) is 5.32 Å². The Morgan fingerprint density at radius 2 is 2.10 bits per heavy atom. The molecule has 0 radical (unpaired) electrons. The molecule has 6 nitrogen and oxygen atoms in total. The van der Waals surface area contributed by atoms with E-state index >= 15 is 0 Å². The lowest BCUT2D eigenvalue weighted by Crippen LogP contribution is -2.10. The van der Waals surface area contributed by atoms with Crippen molar-refractivity contribution in [3.05, 3.63) is 40.3 Å². The second-order valence-electron chi connectivity index (χ2n) is 4.78. The molecule has 2 rings (SSSR count). The Morgan fingerprint density at radius 1 is 1.40 bits per heavy atom. The first-order chi connectivity index (χ1) is 9.41. The van der Waals surface area contributed by atoms with E-state index < -0.39 is 5.97 Å². The number of carboxylic acids is 1. The fourth-order valence-electron chi connectivity index (χ4n) is 2.21. The van der Waals surface area contributed by atoms with Crippen molar-refractivity contribution in [2.45, 2.75) is 27.3 Å². The zero-order valence-electron chi connectivity index (χ0n) is 12.1. The van der Waals surface area contributed by atoms with Gasteiger partial charge in [-0.25, -0.2) is 9.78 Å². The van der Waals surface area contributed by atoms with E-state index in [-0.39, 0.29) is 5.56 Å². The maximum atomic E-state index is 11.3.